The minimum Gasteiger partial charge on any atom is -0.359 e. The van der Waals surface area contributed by atoms with Crippen molar-refractivity contribution < 1.29 is 14.1 Å². The second-order valence-electron chi connectivity index (χ2n) is 10.2. The molecule has 5 rings (SSSR count). The first-order chi connectivity index (χ1) is 20.8. The van der Waals surface area contributed by atoms with Crippen molar-refractivity contribution in [2.24, 2.45) is 16.4 Å². The zero-order valence-corrected chi connectivity index (χ0v) is 24.4. The number of hydrogen-bond donors (Lipinski definition) is 3. The number of pyridine rings is 1. The number of amides is 2. The van der Waals surface area contributed by atoms with Crippen LogP contribution in [0.2, 0.25) is 0 Å². The number of nitrogens with two attached hydrogens (primary N) is 1. The van der Waals surface area contributed by atoms with Gasteiger partial charge in [-0.3, -0.25) is 9.59 Å². The average molecular weight is 599 g/mol. The Hall–Kier alpha value is -4.88. The van der Waals surface area contributed by atoms with Crippen LogP contribution in [-0.2, 0) is 9.59 Å². The summed E-state index contributed by atoms with van der Waals surface area (Å²) in [5.41, 5.74) is 4.40. The van der Waals surface area contributed by atoms with E-state index in [1.54, 1.807) is 16.5 Å². The van der Waals surface area contributed by atoms with Crippen molar-refractivity contribution in [1.82, 2.24) is 15.1 Å². The Balaban J connectivity index is 1.22. The minimum absolute atomic E-state index is 0.143. The number of carbonyl (C=O) groups excluding carboxylic acids is 2. The van der Waals surface area contributed by atoms with Crippen molar-refractivity contribution in [1.29, 1.82) is 0 Å². The maximum atomic E-state index is 11.9. The van der Waals surface area contributed by atoms with Gasteiger partial charge < -0.3 is 15.2 Å². The number of benzene rings is 2. The number of aromatic nitrogens is 3. The molecule has 0 saturated heterocycles. The van der Waals surface area contributed by atoms with Gasteiger partial charge in [0.15, 0.2) is 0 Å². The second-order valence-corrected chi connectivity index (χ2v) is 11.3. The molecule has 4 aromatic rings. The predicted molar refractivity (Wildman–Crippen MR) is 165 cm³/mol. The molecular formula is C30H30N8O4S. The van der Waals surface area contributed by atoms with Gasteiger partial charge in [-0.25, -0.2) is 15.2 Å². The van der Waals surface area contributed by atoms with Gasteiger partial charge in [0.25, 0.3) is 11.8 Å². The van der Waals surface area contributed by atoms with Gasteiger partial charge >= 0.3 is 0 Å². The van der Waals surface area contributed by atoms with E-state index in [1.807, 2.05) is 48.5 Å². The van der Waals surface area contributed by atoms with Crippen LogP contribution in [0.3, 0.4) is 0 Å². The number of nitroso groups, excluding NO2 is 1. The number of anilines is 3. The highest BCUT2D eigenvalue weighted by Crippen LogP contribution is 2.51. The van der Waals surface area contributed by atoms with Crippen molar-refractivity contribution >= 4 is 41.0 Å². The van der Waals surface area contributed by atoms with Gasteiger partial charge in [-0.1, -0.05) is 37.2 Å². The fourth-order valence-corrected chi connectivity index (χ4v) is 4.95. The Bertz CT molecular complexity index is 1670. The van der Waals surface area contributed by atoms with Crippen molar-refractivity contribution in [2.75, 3.05) is 15.0 Å². The fraction of sp³-hybridized carbons (Fsp3) is 0.233. The van der Waals surface area contributed by atoms with Gasteiger partial charge in [-0.15, -0.1) is 4.91 Å². The zero-order valence-electron chi connectivity index (χ0n) is 23.6. The largest absolute Gasteiger partial charge is 0.359 e. The number of nitrogens with one attached hydrogen (secondary N) is 2. The lowest BCUT2D eigenvalue weighted by Gasteiger charge is -2.20. The van der Waals surface area contributed by atoms with Crippen LogP contribution < -0.4 is 20.9 Å². The summed E-state index contributed by atoms with van der Waals surface area (Å²) in [5, 5.41) is 12.3. The monoisotopic (exact) mass is 598 g/mol. The number of hydrazine groups is 1. The molecular weight excluding hydrogens is 568 g/mol. The zero-order chi connectivity index (χ0) is 30.4. The van der Waals surface area contributed by atoms with Crippen LogP contribution in [0.25, 0.3) is 23.0 Å². The van der Waals surface area contributed by atoms with Crippen LogP contribution in [0.5, 0.6) is 0 Å². The van der Waals surface area contributed by atoms with Gasteiger partial charge in [0.05, 0.1) is 5.69 Å². The van der Waals surface area contributed by atoms with E-state index in [2.05, 4.69) is 50.9 Å². The molecule has 1 fully saturated rings. The molecule has 2 aromatic heterocycles. The SMILES string of the molecule is CC/C=C(\Nc1cccc(N(N)Sc2ccc(-c3noc(-c4cccc(NC(=O)CC(=O)N=O)n4)n3)cc2)c1)C1(C)CC1. The van der Waals surface area contributed by atoms with E-state index in [4.69, 9.17) is 10.4 Å². The van der Waals surface area contributed by atoms with Crippen molar-refractivity contribution in [3.63, 3.8) is 0 Å². The molecule has 0 aliphatic heterocycles. The van der Waals surface area contributed by atoms with Crippen LogP contribution in [0.15, 0.2) is 93.1 Å². The first-order valence-corrected chi connectivity index (χ1v) is 14.4. The molecule has 0 radical (unpaired) electrons. The normalized spacial score (nSPS) is 13.7. The summed E-state index contributed by atoms with van der Waals surface area (Å²) in [7, 11) is 0. The van der Waals surface area contributed by atoms with Gasteiger partial charge in [0, 0.05) is 44.4 Å². The summed E-state index contributed by atoms with van der Waals surface area (Å²) in [6.07, 6.45) is 4.96. The van der Waals surface area contributed by atoms with Crippen LogP contribution >= 0.6 is 11.9 Å². The van der Waals surface area contributed by atoms with Gasteiger partial charge in [0.1, 0.15) is 17.9 Å². The van der Waals surface area contributed by atoms with E-state index in [1.165, 1.54) is 36.6 Å². The summed E-state index contributed by atoms with van der Waals surface area (Å²) < 4.78 is 7.01. The molecule has 0 spiro atoms. The van der Waals surface area contributed by atoms with Crippen molar-refractivity contribution in [3.05, 3.63) is 83.4 Å². The van der Waals surface area contributed by atoms with Crippen molar-refractivity contribution in [3.8, 4) is 23.0 Å². The maximum Gasteiger partial charge on any atom is 0.295 e. The Morgan fingerprint density at radius 1 is 1.09 bits per heavy atom. The van der Waals surface area contributed by atoms with Crippen LogP contribution in [0, 0.1) is 10.3 Å². The highest BCUT2D eigenvalue weighted by molar-refractivity contribution is 8.00. The van der Waals surface area contributed by atoms with E-state index in [-0.39, 0.29) is 17.1 Å². The van der Waals surface area contributed by atoms with Gasteiger partial charge in [-0.2, -0.15) is 4.98 Å². The predicted octanol–water partition coefficient (Wildman–Crippen LogP) is 6.31. The third-order valence-corrected chi connectivity index (χ3v) is 7.72. The Morgan fingerprint density at radius 2 is 1.86 bits per heavy atom. The number of rotatable bonds is 12. The summed E-state index contributed by atoms with van der Waals surface area (Å²) in [6, 6.07) is 20.4. The highest BCUT2D eigenvalue weighted by Gasteiger charge is 2.41. The molecule has 2 amide bonds. The molecule has 1 aliphatic carbocycles. The first kappa shape index (κ1) is 29.6. The smallest absolute Gasteiger partial charge is 0.295 e. The standard InChI is InChI=1S/C30H30N8O4S/c1-3-6-24(30(2)15-16-30)32-20-7-4-8-21(17-20)38(31)43-22-13-11-19(12-14-22)28-35-29(42-37-28)23-9-5-10-25(33-23)34-26(39)18-27(40)36-41/h4-14,17,32H,3,15-16,18,31H2,1-2H3,(H,33,34,39)/b24-6-. The highest BCUT2D eigenvalue weighted by atomic mass is 32.2. The minimum atomic E-state index is -1.07. The summed E-state index contributed by atoms with van der Waals surface area (Å²) in [6.45, 7) is 4.43. The van der Waals surface area contributed by atoms with Crippen LogP contribution in [0.4, 0.5) is 17.2 Å². The summed E-state index contributed by atoms with van der Waals surface area (Å²) in [4.78, 5) is 42.8. The summed E-state index contributed by atoms with van der Waals surface area (Å²) >= 11 is 1.39. The Labute approximate surface area is 252 Å². The molecule has 220 valence electrons. The van der Waals surface area contributed by atoms with Gasteiger partial charge in [0.2, 0.25) is 11.7 Å². The van der Waals surface area contributed by atoms with Gasteiger partial charge in [-0.05, 0) is 73.9 Å². The third-order valence-electron chi connectivity index (χ3n) is 6.83. The average Bonchev–Trinajstić information content (AvgIpc) is 3.56. The van der Waals surface area contributed by atoms with E-state index >= 15 is 0 Å². The first-order valence-electron chi connectivity index (χ1n) is 13.6. The molecule has 43 heavy (non-hydrogen) atoms. The van der Waals surface area contributed by atoms with E-state index in [0.29, 0.717) is 11.5 Å². The molecule has 1 saturated carbocycles. The lowest BCUT2D eigenvalue weighted by atomic mass is 10.0. The second kappa shape index (κ2) is 13.0. The lowest BCUT2D eigenvalue weighted by Crippen LogP contribution is -2.22. The number of allylic oxidation sites excluding steroid dienone is 2. The van der Waals surface area contributed by atoms with E-state index in [9.17, 15) is 14.5 Å². The van der Waals surface area contributed by atoms with Crippen molar-refractivity contribution in [2.45, 2.75) is 44.4 Å². The third kappa shape index (κ3) is 7.50. The molecule has 12 nitrogen and oxygen atoms in total. The molecule has 0 unspecified atom stereocenters. The fourth-order valence-electron chi connectivity index (χ4n) is 4.24. The van der Waals surface area contributed by atoms with E-state index in [0.717, 1.165) is 28.3 Å². The topological polar surface area (TPSA) is 169 Å². The lowest BCUT2D eigenvalue weighted by molar-refractivity contribution is -0.124. The molecule has 13 heteroatoms. The Kier molecular flexibility index (Phi) is 8.93. The maximum absolute atomic E-state index is 11.9. The molecule has 2 aromatic carbocycles. The van der Waals surface area contributed by atoms with E-state index < -0.39 is 18.2 Å². The molecule has 4 N–H and O–H groups in total. The molecule has 2 heterocycles. The number of nitrogens with zero attached hydrogens (tertiary/aromatic N) is 5. The number of hydrogen-bond acceptors (Lipinski definition) is 11. The Morgan fingerprint density at radius 3 is 2.58 bits per heavy atom. The molecule has 1 aliphatic rings. The van der Waals surface area contributed by atoms with Crippen LogP contribution in [-0.4, -0.2) is 26.9 Å². The number of carbonyl (C=O) groups is 2. The summed E-state index contributed by atoms with van der Waals surface area (Å²) in [5.74, 6) is 5.30. The molecule has 0 atom stereocenters. The molecule has 0 bridgehead atoms. The van der Waals surface area contributed by atoms with Crippen LogP contribution in [0.1, 0.15) is 39.5 Å². The quantitative estimate of drug-likeness (QED) is 0.0549.